The fourth-order valence-electron chi connectivity index (χ4n) is 2.13. The van der Waals surface area contributed by atoms with Gasteiger partial charge in [0, 0.05) is 12.3 Å². The van der Waals surface area contributed by atoms with Gasteiger partial charge >= 0.3 is 5.97 Å². The van der Waals surface area contributed by atoms with Gasteiger partial charge in [-0.25, -0.2) is 4.79 Å². The van der Waals surface area contributed by atoms with Gasteiger partial charge in [0.05, 0.1) is 0 Å². The van der Waals surface area contributed by atoms with E-state index in [0.29, 0.717) is 13.0 Å². The molecule has 1 saturated heterocycles. The smallest absolute Gasteiger partial charge is 0.335 e. The number of aryl methyl sites for hydroxylation is 1. The van der Waals surface area contributed by atoms with Gasteiger partial charge in [-0.05, 0) is 30.9 Å². The summed E-state index contributed by atoms with van der Waals surface area (Å²) in [6.07, 6.45) is 1.84. The number of hydrogen-bond donors (Lipinski definition) is 1. The van der Waals surface area contributed by atoms with Crippen LogP contribution in [0.5, 0.6) is 0 Å². The van der Waals surface area contributed by atoms with Crippen molar-refractivity contribution >= 4 is 17.6 Å². The quantitative estimate of drug-likeness (QED) is 0.835. The lowest BCUT2D eigenvalue weighted by molar-refractivity contribution is -0.156. The third-order valence-electron chi connectivity index (χ3n) is 3.21. The molecule has 1 amide bonds. The van der Waals surface area contributed by atoms with Crippen LogP contribution in [-0.2, 0) is 25.5 Å². The summed E-state index contributed by atoms with van der Waals surface area (Å²) in [5.41, 5.74) is 1.81. The second kappa shape index (κ2) is 7.05. The zero-order chi connectivity index (χ0) is 14.4. The molecule has 0 spiro atoms. The number of carbonyl (C=O) groups is 2. The molecule has 1 aromatic carbocycles. The summed E-state index contributed by atoms with van der Waals surface area (Å²) >= 11 is 0. The molecule has 20 heavy (non-hydrogen) atoms. The third kappa shape index (κ3) is 3.81. The Hall–Kier alpha value is -1.88. The first-order chi connectivity index (χ1) is 9.70. The Morgan fingerprint density at radius 1 is 1.40 bits per heavy atom. The average Bonchev–Trinajstić information content (AvgIpc) is 2.99. The lowest BCUT2D eigenvalue weighted by Crippen LogP contribution is -2.27. The predicted octanol–water partition coefficient (Wildman–Crippen LogP) is 1.91. The molecule has 5 heteroatoms. The Morgan fingerprint density at radius 2 is 2.20 bits per heavy atom. The molecule has 1 atom stereocenters. The lowest BCUT2D eigenvalue weighted by Gasteiger charge is -2.11. The monoisotopic (exact) mass is 277 g/mol. The van der Waals surface area contributed by atoms with E-state index in [0.717, 1.165) is 24.1 Å². The minimum atomic E-state index is -0.509. The summed E-state index contributed by atoms with van der Waals surface area (Å²) in [5, 5.41) is 2.75. The number of amides is 1. The standard InChI is InChI=1S/C15H19NO4/c1-2-11-6-3-4-7-12(11)16-14(17)10-20-15(18)13-8-5-9-19-13/h3-4,6-7,13H,2,5,8-10H2,1H3,(H,16,17). The Kier molecular flexibility index (Phi) is 5.12. The Bertz CT molecular complexity index is 481. The minimum absolute atomic E-state index is 0.281. The van der Waals surface area contributed by atoms with Crippen LogP contribution in [0.2, 0.25) is 0 Å². The Morgan fingerprint density at radius 3 is 2.90 bits per heavy atom. The topological polar surface area (TPSA) is 64.6 Å². The van der Waals surface area contributed by atoms with Gasteiger partial charge in [-0.3, -0.25) is 4.79 Å². The van der Waals surface area contributed by atoms with Crippen LogP contribution in [0.4, 0.5) is 5.69 Å². The van der Waals surface area contributed by atoms with E-state index in [1.54, 1.807) is 0 Å². The summed E-state index contributed by atoms with van der Waals surface area (Å²) < 4.78 is 10.2. The van der Waals surface area contributed by atoms with Crippen LogP contribution >= 0.6 is 0 Å². The van der Waals surface area contributed by atoms with Crippen molar-refractivity contribution in [2.75, 3.05) is 18.5 Å². The van der Waals surface area contributed by atoms with Crippen LogP contribution in [-0.4, -0.2) is 31.2 Å². The lowest BCUT2D eigenvalue weighted by atomic mass is 10.1. The highest BCUT2D eigenvalue weighted by Crippen LogP contribution is 2.16. The van der Waals surface area contributed by atoms with Crippen molar-refractivity contribution in [2.45, 2.75) is 32.3 Å². The van der Waals surface area contributed by atoms with Crippen LogP contribution in [0.15, 0.2) is 24.3 Å². The molecule has 1 aromatic rings. The molecule has 0 aliphatic carbocycles. The molecule has 1 N–H and O–H groups in total. The summed E-state index contributed by atoms with van der Waals surface area (Å²) in [7, 11) is 0. The maximum absolute atomic E-state index is 11.8. The minimum Gasteiger partial charge on any atom is -0.454 e. The Balaban J connectivity index is 1.81. The van der Waals surface area contributed by atoms with E-state index in [9.17, 15) is 9.59 Å². The summed E-state index contributed by atoms with van der Waals surface area (Å²) in [6, 6.07) is 7.56. The van der Waals surface area contributed by atoms with Crippen molar-refractivity contribution in [3.8, 4) is 0 Å². The van der Waals surface area contributed by atoms with Gasteiger partial charge in [0.25, 0.3) is 5.91 Å². The molecule has 0 saturated carbocycles. The number of hydrogen-bond acceptors (Lipinski definition) is 4. The fourth-order valence-corrected chi connectivity index (χ4v) is 2.13. The van der Waals surface area contributed by atoms with E-state index in [4.69, 9.17) is 9.47 Å². The molecule has 5 nitrogen and oxygen atoms in total. The van der Waals surface area contributed by atoms with Gasteiger partial charge in [-0.2, -0.15) is 0 Å². The van der Waals surface area contributed by atoms with Crippen LogP contribution in [0.25, 0.3) is 0 Å². The first-order valence-corrected chi connectivity index (χ1v) is 6.86. The average molecular weight is 277 g/mol. The number of ether oxygens (including phenoxy) is 2. The van der Waals surface area contributed by atoms with E-state index < -0.39 is 12.1 Å². The number of esters is 1. The normalized spacial score (nSPS) is 17.8. The van der Waals surface area contributed by atoms with Crippen molar-refractivity contribution in [3.05, 3.63) is 29.8 Å². The van der Waals surface area contributed by atoms with Crippen molar-refractivity contribution in [2.24, 2.45) is 0 Å². The molecule has 1 unspecified atom stereocenters. The highest BCUT2D eigenvalue weighted by Gasteiger charge is 2.25. The summed E-state index contributed by atoms with van der Waals surface area (Å²) in [6.45, 7) is 2.31. The number of rotatable bonds is 5. The van der Waals surface area contributed by atoms with Crippen molar-refractivity contribution in [3.63, 3.8) is 0 Å². The van der Waals surface area contributed by atoms with Crippen molar-refractivity contribution in [1.82, 2.24) is 0 Å². The molecule has 2 rings (SSSR count). The van der Waals surface area contributed by atoms with Gasteiger partial charge in [0.15, 0.2) is 12.7 Å². The third-order valence-corrected chi connectivity index (χ3v) is 3.21. The molecule has 0 aromatic heterocycles. The van der Waals surface area contributed by atoms with Gasteiger partial charge in [-0.1, -0.05) is 25.1 Å². The second-order valence-electron chi connectivity index (χ2n) is 4.67. The molecular formula is C15H19NO4. The molecule has 1 aliphatic heterocycles. The number of benzene rings is 1. The van der Waals surface area contributed by atoms with E-state index in [-0.39, 0.29) is 12.5 Å². The maximum Gasteiger partial charge on any atom is 0.335 e. The van der Waals surface area contributed by atoms with Gasteiger partial charge in [-0.15, -0.1) is 0 Å². The summed E-state index contributed by atoms with van der Waals surface area (Å²) in [4.78, 5) is 23.4. The van der Waals surface area contributed by atoms with Crippen LogP contribution in [0, 0.1) is 0 Å². The Labute approximate surface area is 118 Å². The SMILES string of the molecule is CCc1ccccc1NC(=O)COC(=O)C1CCCO1. The zero-order valence-electron chi connectivity index (χ0n) is 11.6. The fraction of sp³-hybridized carbons (Fsp3) is 0.467. The molecule has 0 radical (unpaired) electrons. The number of para-hydroxylation sites is 1. The first kappa shape index (κ1) is 14.5. The van der Waals surface area contributed by atoms with Crippen molar-refractivity contribution < 1.29 is 19.1 Å². The van der Waals surface area contributed by atoms with E-state index in [2.05, 4.69) is 5.32 Å². The highest BCUT2D eigenvalue weighted by atomic mass is 16.6. The molecule has 1 fully saturated rings. The second-order valence-corrected chi connectivity index (χ2v) is 4.67. The van der Waals surface area contributed by atoms with Gasteiger partial charge < -0.3 is 14.8 Å². The van der Waals surface area contributed by atoms with Crippen LogP contribution < -0.4 is 5.32 Å². The number of nitrogens with one attached hydrogen (secondary N) is 1. The summed E-state index contributed by atoms with van der Waals surface area (Å²) in [5.74, 6) is -0.793. The molecule has 1 aliphatic rings. The van der Waals surface area contributed by atoms with Gasteiger partial charge in [0.2, 0.25) is 0 Å². The zero-order valence-corrected chi connectivity index (χ0v) is 11.6. The largest absolute Gasteiger partial charge is 0.454 e. The van der Waals surface area contributed by atoms with E-state index in [1.807, 2.05) is 31.2 Å². The number of carbonyl (C=O) groups excluding carboxylic acids is 2. The molecular weight excluding hydrogens is 258 g/mol. The van der Waals surface area contributed by atoms with E-state index in [1.165, 1.54) is 0 Å². The number of anilines is 1. The van der Waals surface area contributed by atoms with Gasteiger partial charge in [0.1, 0.15) is 0 Å². The maximum atomic E-state index is 11.8. The van der Waals surface area contributed by atoms with Crippen LogP contribution in [0.1, 0.15) is 25.3 Å². The predicted molar refractivity (Wildman–Crippen MR) is 74.4 cm³/mol. The van der Waals surface area contributed by atoms with Crippen LogP contribution in [0.3, 0.4) is 0 Å². The highest BCUT2D eigenvalue weighted by molar-refractivity contribution is 5.93. The van der Waals surface area contributed by atoms with E-state index >= 15 is 0 Å². The first-order valence-electron chi connectivity index (χ1n) is 6.86. The molecule has 108 valence electrons. The molecule has 1 heterocycles. The molecule has 0 bridgehead atoms. The van der Waals surface area contributed by atoms with Crippen molar-refractivity contribution in [1.29, 1.82) is 0 Å².